The fraction of sp³-hybridized carbons (Fsp3) is 0.312. The van der Waals surface area contributed by atoms with Crippen LogP contribution in [0.2, 0.25) is 0 Å². The van der Waals surface area contributed by atoms with Gasteiger partial charge in [0.1, 0.15) is 16.8 Å². The van der Waals surface area contributed by atoms with E-state index in [0.717, 1.165) is 9.75 Å². The summed E-state index contributed by atoms with van der Waals surface area (Å²) in [6.45, 7) is 2.93. The van der Waals surface area contributed by atoms with Gasteiger partial charge < -0.3 is 4.74 Å². The summed E-state index contributed by atoms with van der Waals surface area (Å²) >= 11 is 2.78. The maximum Gasteiger partial charge on any atom is 0.269 e. The lowest BCUT2D eigenvalue weighted by Crippen LogP contribution is -2.32. The van der Waals surface area contributed by atoms with Crippen molar-refractivity contribution < 1.29 is 4.74 Å². The van der Waals surface area contributed by atoms with Gasteiger partial charge in [0, 0.05) is 30.0 Å². The topological polar surface area (TPSA) is 78.8 Å². The van der Waals surface area contributed by atoms with E-state index < -0.39 is 0 Å². The van der Waals surface area contributed by atoms with Gasteiger partial charge in [-0.2, -0.15) is 10.5 Å². The van der Waals surface area contributed by atoms with E-state index in [1.54, 1.807) is 18.4 Å². The molecule has 0 amide bonds. The molecule has 0 radical (unpaired) electrons. The quantitative estimate of drug-likeness (QED) is 0.766. The van der Waals surface area contributed by atoms with E-state index >= 15 is 0 Å². The molecule has 0 aliphatic heterocycles. The summed E-state index contributed by atoms with van der Waals surface area (Å²) in [5.74, 6) is 0. The lowest BCUT2D eigenvalue weighted by atomic mass is 10.3. The third-order valence-electron chi connectivity index (χ3n) is 3.11. The van der Waals surface area contributed by atoms with Gasteiger partial charge in [-0.15, -0.1) is 22.7 Å². The van der Waals surface area contributed by atoms with Crippen LogP contribution in [0.15, 0.2) is 16.9 Å². The summed E-state index contributed by atoms with van der Waals surface area (Å²) in [4.78, 5) is 14.7. The summed E-state index contributed by atoms with van der Waals surface area (Å²) < 4.78 is 7.45. The highest BCUT2D eigenvalue weighted by atomic mass is 32.1. The summed E-state index contributed by atoms with van der Waals surface area (Å²) in [6.07, 6.45) is 2.45. The first-order chi connectivity index (χ1) is 11.1. The fourth-order valence-electron chi connectivity index (χ4n) is 2.06. The van der Waals surface area contributed by atoms with E-state index in [0.29, 0.717) is 28.8 Å². The number of hydrogen-bond donors (Lipinski definition) is 0. The number of aryl methyl sites for hydroxylation is 1. The number of rotatable bonds is 5. The van der Waals surface area contributed by atoms with Crippen molar-refractivity contribution in [3.8, 4) is 12.1 Å². The Balaban J connectivity index is 2.64. The number of hydrogen-bond acceptors (Lipinski definition) is 6. The van der Waals surface area contributed by atoms with Gasteiger partial charge >= 0.3 is 0 Å². The van der Waals surface area contributed by atoms with Crippen LogP contribution in [0.25, 0.3) is 11.6 Å². The second-order valence-corrected chi connectivity index (χ2v) is 7.12. The Hall–Kier alpha value is -2.19. The molecule has 23 heavy (non-hydrogen) atoms. The van der Waals surface area contributed by atoms with Gasteiger partial charge in [0.2, 0.25) is 0 Å². The lowest BCUT2D eigenvalue weighted by Gasteiger charge is -2.01. The molecular formula is C16H15N3O2S2. The number of nitriles is 2. The number of ether oxygens (including phenoxy) is 1. The molecular weight excluding hydrogens is 330 g/mol. The first kappa shape index (κ1) is 17.2. The van der Waals surface area contributed by atoms with Crippen LogP contribution in [0, 0.1) is 29.6 Å². The van der Waals surface area contributed by atoms with Crippen molar-refractivity contribution in [3.05, 3.63) is 41.4 Å². The molecule has 0 aromatic carbocycles. The fourth-order valence-corrected chi connectivity index (χ4v) is 4.02. The molecule has 0 N–H and O–H groups in total. The van der Waals surface area contributed by atoms with Crippen molar-refractivity contribution in [2.75, 3.05) is 13.7 Å². The smallest absolute Gasteiger partial charge is 0.269 e. The SMILES string of the molecule is COCCCn1c(=C(C#N)C#N)sc(=Cc2ccc(C)s2)c1=O. The Bertz CT molecular complexity index is 935. The Labute approximate surface area is 141 Å². The van der Waals surface area contributed by atoms with Crippen LogP contribution in [-0.4, -0.2) is 18.3 Å². The van der Waals surface area contributed by atoms with Gasteiger partial charge in [-0.1, -0.05) is 0 Å². The first-order valence-corrected chi connectivity index (χ1v) is 8.55. The number of methoxy groups -OCH3 is 1. The van der Waals surface area contributed by atoms with Crippen LogP contribution in [0.1, 0.15) is 16.2 Å². The van der Waals surface area contributed by atoms with E-state index in [2.05, 4.69) is 0 Å². The van der Waals surface area contributed by atoms with E-state index in [4.69, 9.17) is 15.3 Å². The molecule has 2 aromatic rings. The van der Waals surface area contributed by atoms with E-state index in [1.807, 2.05) is 37.3 Å². The monoisotopic (exact) mass is 345 g/mol. The number of nitrogens with zero attached hydrogens (tertiary/aromatic N) is 3. The van der Waals surface area contributed by atoms with Crippen LogP contribution >= 0.6 is 22.7 Å². The van der Waals surface area contributed by atoms with Gasteiger partial charge in [0.05, 0.1) is 4.53 Å². The van der Waals surface area contributed by atoms with Crippen LogP contribution in [0.4, 0.5) is 0 Å². The Morgan fingerprint density at radius 2 is 2.09 bits per heavy atom. The summed E-state index contributed by atoms with van der Waals surface area (Å²) in [6, 6.07) is 7.68. The van der Waals surface area contributed by atoms with E-state index in [1.165, 1.54) is 15.9 Å². The zero-order valence-corrected chi connectivity index (χ0v) is 14.5. The molecule has 2 rings (SSSR count). The van der Waals surface area contributed by atoms with Gasteiger partial charge in [-0.25, -0.2) is 0 Å². The Morgan fingerprint density at radius 3 is 2.65 bits per heavy atom. The largest absolute Gasteiger partial charge is 0.385 e. The van der Waals surface area contributed by atoms with E-state index in [-0.39, 0.29) is 11.1 Å². The highest BCUT2D eigenvalue weighted by Gasteiger charge is 2.09. The third-order valence-corrected chi connectivity index (χ3v) is 5.19. The Morgan fingerprint density at radius 1 is 1.35 bits per heavy atom. The van der Waals surface area contributed by atoms with Gasteiger partial charge in [0.25, 0.3) is 5.56 Å². The number of aromatic nitrogens is 1. The third kappa shape index (κ3) is 3.96. The molecule has 0 fully saturated rings. The summed E-state index contributed by atoms with van der Waals surface area (Å²) in [5.41, 5.74) is -0.207. The van der Waals surface area contributed by atoms with Crippen LogP contribution in [-0.2, 0) is 11.3 Å². The molecule has 0 saturated carbocycles. The minimum absolute atomic E-state index is 0.0356. The maximum atomic E-state index is 12.6. The predicted molar refractivity (Wildman–Crippen MR) is 91.6 cm³/mol. The highest BCUT2D eigenvalue weighted by Crippen LogP contribution is 2.15. The van der Waals surface area contributed by atoms with Crippen LogP contribution in [0.3, 0.4) is 0 Å². The summed E-state index contributed by atoms with van der Waals surface area (Å²) in [7, 11) is 1.59. The molecule has 0 atom stereocenters. The molecule has 2 heterocycles. The van der Waals surface area contributed by atoms with Crippen molar-refractivity contribution in [2.24, 2.45) is 0 Å². The van der Waals surface area contributed by atoms with Crippen molar-refractivity contribution in [3.63, 3.8) is 0 Å². The average molecular weight is 345 g/mol. The number of thiophene rings is 1. The highest BCUT2D eigenvalue weighted by molar-refractivity contribution is 7.13. The minimum atomic E-state index is -0.171. The summed E-state index contributed by atoms with van der Waals surface area (Å²) in [5, 5.41) is 18.2. The van der Waals surface area contributed by atoms with Crippen molar-refractivity contribution in [1.29, 1.82) is 10.5 Å². The zero-order valence-electron chi connectivity index (χ0n) is 12.8. The minimum Gasteiger partial charge on any atom is -0.385 e. The van der Waals surface area contributed by atoms with E-state index in [9.17, 15) is 4.79 Å². The van der Waals surface area contributed by atoms with Crippen LogP contribution < -0.4 is 14.8 Å². The van der Waals surface area contributed by atoms with Gasteiger partial charge in [0.15, 0.2) is 5.57 Å². The Kier molecular flexibility index (Phi) is 5.89. The maximum absolute atomic E-state index is 12.6. The molecule has 7 heteroatoms. The molecule has 2 aromatic heterocycles. The van der Waals surface area contributed by atoms with Gasteiger partial charge in [-0.3, -0.25) is 9.36 Å². The second kappa shape index (κ2) is 7.89. The van der Waals surface area contributed by atoms with Crippen molar-refractivity contribution >= 4 is 34.3 Å². The van der Waals surface area contributed by atoms with Gasteiger partial charge in [-0.05, 0) is 31.6 Å². The normalized spacial score (nSPS) is 11.2. The molecule has 0 spiro atoms. The molecule has 0 aliphatic carbocycles. The van der Waals surface area contributed by atoms with Crippen molar-refractivity contribution in [1.82, 2.24) is 4.57 Å². The molecule has 0 saturated heterocycles. The first-order valence-electron chi connectivity index (χ1n) is 6.92. The zero-order chi connectivity index (χ0) is 16.8. The van der Waals surface area contributed by atoms with Crippen LogP contribution in [0.5, 0.6) is 0 Å². The molecule has 5 nitrogen and oxygen atoms in total. The average Bonchev–Trinajstić information content (AvgIpc) is 3.07. The standard InChI is InChI=1S/C16H15N3O2S2/c1-11-4-5-13(22-11)8-14-15(20)19(6-3-7-21-2)16(23-14)12(9-17)10-18/h4-5,8H,3,6-7H2,1-2H3. The second-order valence-electron chi connectivity index (χ2n) is 4.77. The molecule has 0 bridgehead atoms. The lowest BCUT2D eigenvalue weighted by molar-refractivity contribution is 0.190. The number of thiazole rings is 1. The molecule has 0 aliphatic rings. The predicted octanol–water partition coefficient (Wildman–Crippen LogP) is 1.34. The molecule has 0 unspecified atom stereocenters. The molecule has 118 valence electrons. The van der Waals surface area contributed by atoms with Crippen molar-refractivity contribution in [2.45, 2.75) is 19.9 Å².